The molecule has 32 heavy (non-hydrogen) atoms. The maximum absolute atomic E-state index is 13.6. The van der Waals surface area contributed by atoms with Crippen molar-refractivity contribution in [2.75, 3.05) is 19.1 Å². The summed E-state index contributed by atoms with van der Waals surface area (Å²) in [6, 6.07) is 19.3. The summed E-state index contributed by atoms with van der Waals surface area (Å²) in [7, 11) is 3.11. The van der Waals surface area contributed by atoms with Crippen molar-refractivity contribution >= 4 is 22.6 Å². The molecule has 1 amide bonds. The third-order valence-corrected chi connectivity index (χ3v) is 5.78. The Balaban J connectivity index is 1.81. The lowest BCUT2D eigenvalue weighted by atomic mass is 9.97. The molecule has 0 saturated carbocycles. The van der Waals surface area contributed by atoms with Crippen LogP contribution in [0.25, 0.3) is 11.0 Å². The van der Waals surface area contributed by atoms with Crippen LogP contribution < -0.4 is 19.8 Å². The Morgan fingerprint density at radius 1 is 0.875 bits per heavy atom. The second-order valence-corrected chi connectivity index (χ2v) is 7.70. The van der Waals surface area contributed by atoms with Crippen molar-refractivity contribution in [3.8, 4) is 11.5 Å². The number of aryl methyl sites for hydroxylation is 1. The fourth-order valence-corrected chi connectivity index (χ4v) is 4.30. The van der Waals surface area contributed by atoms with Gasteiger partial charge in [-0.05, 0) is 54.4 Å². The summed E-state index contributed by atoms with van der Waals surface area (Å²) in [5, 5.41) is 0.440. The number of amides is 1. The molecule has 0 N–H and O–H groups in total. The number of hydrogen-bond donors (Lipinski definition) is 0. The Morgan fingerprint density at radius 2 is 1.66 bits per heavy atom. The molecule has 2 heterocycles. The Kier molecular flexibility index (Phi) is 4.70. The molecule has 4 aromatic rings. The number of fused-ring (bicyclic) bond motifs is 2. The Bertz CT molecular complexity index is 1420. The fraction of sp³-hybridized carbons (Fsp3) is 0.154. The lowest BCUT2D eigenvalue weighted by Gasteiger charge is -2.26. The largest absolute Gasteiger partial charge is 0.493 e. The van der Waals surface area contributed by atoms with Crippen molar-refractivity contribution in [2.45, 2.75) is 13.0 Å². The Hall–Kier alpha value is -4.06. The monoisotopic (exact) mass is 427 g/mol. The number of methoxy groups -OCH3 is 2. The van der Waals surface area contributed by atoms with Gasteiger partial charge in [0.25, 0.3) is 5.91 Å². The second-order valence-electron chi connectivity index (χ2n) is 7.70. The zero-order chi connectivity index (χ0) is 22.4. The van der Waals surface area contributed by atoms with E-state index in [4.69, 9.17) is 13.9 Å². The van der Waals surface area contributed by atoms with E-state index in [2.05, 4.69) is 0 Å². The fourth-order valence-electron chi connectivity index (χ4n) is 4.30. The molecular formula is C26H21NO5. The molecular weight excluding hydrogens is 406 g/mol. The zero-order valence-electron chi connectivity index (χ0n) is 17.9. The molecule has 5 rings (SSSR count). The number of rotatable bonds is 4. The highest BCUT2D eigenvalue weighted by molar-refractivity contribution is 6.10. The van der Waals surface area contributed by atoms with Crippen LogP contribution in [0.4, 0.5) is 5.69 Å². The van der Waals surface area contributed by atoms with Crippen LogP contribution in [-0.4, -0.2) is 20.1 Å². The van der Waals surface area contributed by atoms with E-state index in [1.807, 2.05) is 37.3 Å². The molecule has 6 nitrogen and oxygen atoms in total. The molecule has 0 spiro atoms. The van der Waals surface area contributed by atoms with Crippen LogP contribution in [-0.2, 0) is 0 Å². The van der Waals surface area contributed by atoms with E-state index in [9.17, 15) is 9.59 Å². The molecule has 0 radical (unpaired) electrons. The normalized spacial score (nSPS) is 15.2. The minimum atomic E-state index is -0.667. The van der Waals surface area contributed by atoms with Gasteiger partial charge in [0.2, 0.25) is 5.76 Å². The van der Waals surface area contributed by atoms with Gasteiger partial charge in [-0.3, -0.25) is 14.5 Å². The summed E-state index contributed by atoms with van der Waals surface area (Å²) in [4.78, 5) is 28.8. The summed E-state index contributed by atoms with van der Waals surface area (Å²) >= 11 is 0. The first-order valence-electron chi connectivity index (χ1n) is 10.2. The van der Waals surface area contributed by atoms with Crippen LogP contribution in [0.5, 0.6) is 11.5 Å². The zero-order valence-corrected chi connectivity index (χ0v) is 17.9. The molecule has 3 aromatic carbocycles. The van der Waals surface area contributed by atoms with Gasteiger partial charge in [0.15, 0.2) is 16.9 Å². The topological polar surface area (TPSA) is 69.0 Å². The van der Waals surface area contributed by atoms with Crippen LogP contribution in [0.1, 0.15) is 33.3 Å². The van der Waals surface area contributed by atoms with E-state index < -0.39 is 6.04 Å². The van der Waals surface area contributed by atoms with E-state index in [1.54, 1.807) is 55.5 Å². The Labute approximate surface area is 184 Å². The van der Waals surface area contributed by atoms with Gasteiger partial charge in [0.05, 0.1) is 31.2 Å². The third-order valence-electron chi connectivity index (χ3n) is 5.78. The molecule has 6 heteroatoms. The molecule has 1 aliphatic heterocycles. The van der Waals surface area contributed by atoms with E-state index in [-0.39, 0.29) is 17.1 Å². The van der Waals surface area contributed by atoms with Gasteiger partial charge in [-0.1, -0.05) is 30.3 Å². The molecule has 1 aromatic heterocycles. The third kappa shape index (κ3) is 2.95. The highest BCUT2D eigenvalue weighted by Gasteiger charge is 2.43. The standard InChI is InChI=1S/C26H21NO5/c1-15-7-6-8-17(13-15)27-23(16-11-12-20(30-2)21(14-16)31-3)22-24(28)18-9-4-5-10-19(18)32-25(22)26(27)29/h4-14,23H,1-3H3. The molecule has 1 unspecified atom stereocenters. The first-order valence-corrected chi connectivity index (χ1v) is 10.2. The number of hydrogen-bond acceptors (Lipinski definition) is 5. The maximum atomic E-state index is 13.6. The molecule has 0 saturated heterocycles. The number of anilines is 1. The summed E-state index contributed by atoms with van der Waals surface area (Å²) in [6.45, 7) is 1.96. The van der Waals surface area contributed by atoms with E-state index in [0.717, 1.165) is 11.1 Å². The van der Waals surface area contributed by atoms with Gasteiger partial charge in [-0.25, -0.2) is 0 Å². The molecule has 0 aliphatic carbocycles. The lowest BCUT2D eigenvalue weighted by molar-refractivity contribution is 0.0971. The van der Waals surface area contributed by atoms with Crippen molar-refractivity contribution in [3.05, 3.63) is 99.4 Å². The SMILES string of the molecule is COc1ccc(C2c3c(oc4ccccc4c3=O)C(=O)N2c2cccc(C)c2)cc1OC. The summed E-state index contributed by atoms with van der Waals surface area (Å²) in [5.41, 5.74) is 2.90. The minimum Gasteiger partial charge on any atom is -0.493 e. The highest BCUT2D eigenvalue weighted by atomic mass is 16.5. The first-order chi connectivity index (χ1) is 15.5. The second kappa shape index (κ2) is 7.57. The lowest BCUT2D eigenvalue weighted by Crippen LogP contribution is -2.29. The number of para-hydroxylation sites is 1. The van der Waals surface area contributed by atoms with Crippen molar-refractivity contribution in [1.82, 2.24) is 0 Å². The van der Waals surface area contributed by atoms with Crippen molar-refractivity contribution < 1.29 is 18.7 Å². The van der Waals surface area contributed by atoms with Crippen LogP contribution in [0, 0.1) is 6.92 Å². The highest BCUT2D eigenvalue weighted by Crippen LogP contribution is 2.43. The number of ether oxygens (including phenoxy) is 2. The van der Waals surface area contributed by atoms with Gasteiger partial charge in [-0.2, -0.15) is 0 Å². The number of carbonyl (C=O) groups is 1. The average Bonchev–Trinajstić information content (AvgIpc) is 3.11. The summed E-state index contributed by atoms with van der Waals surface area (Å²) in [5.74, 6) is 0.789. The van der Waals surface area contributed by atoms with Gasteiger partial charge in [-0.15, -0.1) is 0 Å². The number of carbonyl (C=O) groups excluding carboxylic acids is 1. The number of nitrogens with zero attached hydrogens (tertiary/aromatic N) is 1. The van der Waals surface area contributed by atoms with Crippen LogP contribution >= 0.6 is 0 Å². The molecule has 1 aliphatic rings. The quantitative estimate of drug-likeness (QED) is 0.465. The average molecular weight is 427 g/mol. The van der Waals surface area contributed by atoms with Crippen molar-refractivity contribution in [1.29, 1.82) is 0 Å². The predicted molar refractivity (Wildman–Crippen MR) is 122 cm³/mol. The van der Waals surface area contributed by atoms with Crippen LogP contribution in [0.15, 0.2) is 75.9 Å². The number of benzene rings is 3. The minimum absolute atomic E-state index is 0.0648. The molecule has 1 atom stereocenters. The summed E-state index contributed by atoms with van der Waals surface area (Å²) in [6.07, 6.45) is 0. The van der Waals surface area contributed by atoms with E-state index >= 15 is 0 Å². The summed E-state index contributed by atoms with van der Waals surface area (Å²) < 4.78 is 16.8. The predicted octanol–water partition coefficient (Wildman–Crippen LogP) is 4.87. The molecule has 160 valence electrons. The first kappa shape index (κ1) is 19.9. The van der Waals surface area contributed by atoms with Crippen molar-refractivity contribution in [2.24, 2.45) is 0 Å². The van der Waals surface area contributed by atoms with Crippen LogP contribution in [0.2, 0.25) is 0 Å². The Morgan fingerprint density at radius 3 is 2.41 bits per heavy atom. The van der Waals surface area contributed by atoms with Gasteiger partial charge in [0.1, 0.15) is 5.58 Å². The van der Waals surface area contributed by atoms with E-state index in [0.29, 0.717) is 33.7 Å². The van der Waals surface area contributed by atoms with Gasteiger partial charge in [0, 0.05) is 5.69 Å². The smallest absolute Gasteiger partial charge is 0.295 e. The van der Waals surface area contributed by atoms with Gasteiger partial charge < -0.3 is 13.9 Å². The molecule has 0 fully saturated rings. The molecule has 0 bridgehead atoms. The van der Waals surface area contributed by atoms with Crippen molar-refractivity contribution in [3.63, 3.8) is 0 Å². The maximum Gasteiger partial charge on any atom is 0.295 e. The van der Waals surface area contributed by atoms with E-state index in [1.165, 1.54) is 0 Å². The van der Waals surface area contributed by atoms with Gasteiger partial charge >= 0.3 is 0 Å². The van der Waals surface area contributed by atoms with Crippen LogP contribution in [0.3, 0.4) is 0 Å².